The molecule has 2 aromatic heterocycles. The molecule has 0 aliphatic heterocycles. The monoisotopic (exact) mass is 356 g/mol. The quantitative estimate of drug-likeness (QED) is 0.424. The summed E-state index contributed by atoms with van der Waals surface area (Å²) in [4.78, 5) is 34.2. The average Bonchev–Trinajstić information content (AvgIpc) is 2.62. The van der Waals surface area contributed by atoms with Crippen molar-refractivity contribution in [1.82, 2.24) is 4.98 Å². The van der Waals surface area contributed by atoms with E-state index in [2.05, 4.69) is 10.5 Å². The Morgan fingerprint density at radius 3 is 2.69 bits per heavy atom. The number of nitrogens with one attached hydrogen (secondary N) is 1. The van der Waals surface area contributed by atoms with Crippen LogP contribution in [0.15, 0.2) is 33.5 Å². The van der Waals surface area contributed by atoms with Crippen molar-refractivity contribution in [3.8, 4) is 0 Å². The molecule has 2 heterocycles. The topological polar surface area (TPSA) is 90.7 Å². The number of benzene rings is 1. The molecular weight excluding hydrogens is 336 g/mol. The molecule has 0 amide bonds. The lowest BCUT2D eigenvalue weighted by atomic mass is 10.0. The summed E-state index contributed by atoms with van der Waals surface area (Å²) in [5.41, 5.74) is 4.18. The van der Waals surface area contributed by atoms with Crippen molar-refractivity contribution >= 4 is 33.9 Å². The Hall–Kier alpha value is -2.93. The SMILES string of the molecule is CCOC(=O)c1cc2oc3ccc(C(C)C)cc3c(=O)c2nc1NOC. The molecule has 0 saturated carbocycles. The van der Waals surface area contributed by atoms with Crippen molar-refractivity contribution in [2.24, 2.45) is 0 Å². The number of hydrogen-bond acceptors (Lipinski definition) is 7. The van der Waals surface area contributed by atoms with E-state index in [0.717, 1.165) is 5.56 Å². The van der Waals surface area contributed by atoms with Gasteiger partial charge in [-0.2, -0.15) is 0 Å². The van der Waals surface area contributed by atoms with E-state index < -0.39 is 5.97 Å². The number of pyridine rings is 1. The zero-order chi connectivity index (χ0) is 18.8. The lowest BCUT2D eigenvalue weighted by Crippen LogP contribution is -2.13. The first kappa shape index (κ1) is 17.9. The maximum absolute atomic E-state index is 12.9. The van der Waals surface area contributed by atoms with E-state index in [1.807, 2.05) is 26.0 Å². The molecule has 136 valence electrons. The highest BCUT2D eigenvalue weighted by atomic mass is 16.6. The summed E-state index contributed by atoms with van der Waals surface area (Å²) in [7, 11) is 1.39. The Labute approximate surface area is 149 Å². The molecule has 0 spiro atoms. The minimum absolute atomic E-state index is 0.102. The molecule has 3 rings (SSSR count). The second kappa shape index (κ2) is 7.13. The van der Waals surface area contributed by atoms with E-state index in [1.54, 1.807) is 13.0 Å². The number of aromatic nitrogens is 1. The fourth-order valence-electron chi connectivity index (χ4n) is 2.69. The maximum atomic E-state index is 12.9. The van der Waals surface area contributed by atoms with Gasteiger partial charge in [0, 0.05) is 6.07 Å². The highest BCUT2D eigenvalue weighted by Gasteiger charge is 2.19. The molecule has 26 heavy (non-hydrogen) atoms. The molecule has 0 bridgehead atoms. The van der Waals surface area contributed by atoms with Crippen LogP contribution in [0.25, 0.3) is 22.1 Å². The largest absolute Gasteiger partial charge is 0.462 e. The number of esters is 1. The van der Waals surface area contributed by atoms with Crippen LogP contribution in [0.5, 0.6) is 0 Å². The maximum Gasteiger partial charge on any atom is 0.342 e. The first-order valence-corrected chi connectivity index (χ1v) is 8.33. The van der Waals surface area contributed by atoms with Crippen molar-refractivity contribution in [1.29, 1.82) is 0 Å². The Bertz CT molecular complexity index is 1040. The molecule has 0 fully saturated rings. The number of hydrogen-bond donors (Lipinski definition) is 1. The molecule has 7 heteroatoms. The van der Waals surface area contributed by atoms with Crippen molar-refractivity contribution in [2.75, 3.05) is 19.2 Å². The van der Waals surface area contributed by atoms with E-state index >= 15 is 0 Å². The summed E-state index contributed by atoms with van der Waals surface area (Å²) in [5.74, 6) is -0.205. The summed E-state index contributed by atoms with van der Waals surface area (Å²) < 4.78 is 10.9. The molecule has 0 radical (unpaired) electrons. The van der Waals surface area contributed by atoms with Gasteiger partial charge in [0.2, 0.25) is 5.43 Å². The summed E-state index contributed by atoms with van der Waals surface area (Å²) in [6.45, 7) is 6.02. The molecule has 1 N–H and O–H groups in total. The van der Waals surface area contributed by atoms with E-state index in [-0.39, 0.29) is 40.4 Å². The van der Waals surface area contributed by atoms with Crippen LogP contribution in [0.1, 0.15) is 42.6 Å². The smallest absolute Gasteiger partial charge is 0.342 e. The Kier molecular flexibility index (Phi) is 4.90. The minimum Gasteiger partial charge on any atom is -0.462 e. The van der Waals surface area contributed by atoms with Gasteiger partial charge < -0.3 is 9.15 Å². The number of ether oxygens (including phenoxy) is 1. The minimum atomic E-state index is -0.584. The summed E-state index contributed by atoms with van der Waals surface area (Å²) in [6, 6.07) is 6.94. The molecule has 0 saturated heterocycles. The zero-order valence-corrected chi connectivity index (χ0v) is 15.1. The van der Waals surface area contributed by atoms with Gasteiger partial charge in [-0.1, -0.05) is 19.9 Å². The normalized spacial score (nSPS) is 11.3. The van der Waals surface area contributed by atoms with Crippen LogP contribution >= 0.6 is 0 Å². The standard InChI is InChI=1S/C19H20N2O5/c1-5-25-19(23)13-9-15-16(20-18(13)21-24-4)17(22)12-8-11(10(2)3)6-7-14(12)26-15/h6-10H,5H2,1-4H3,(H,20,21). The zero-order valence-electron chi connectivity index (χ0n) is 15.1. The summed E-state index contributed by atoms with van der Waals surface area (Å²) in [6.07, 6.45) is 0. The van der Waals surface area contributed by atoms with Gasteiger partial charge in [0.25, 0.3) is 0 Å². The first-order chi connectivity index (χ1) is 12.5. The van der Waals surface area contributed by atoms with Gasteiger partial charge in [-0.3, -0.25) is 9.63 Å². The van der Waals surface area contributed by atoms with E-state index in [4.69, 9.17) is 14.0 Å². The van der Waals surface area contributed by atoms with Gasteiger partial charge in [-0.25, -0.2) is 15.3 Å². The second-order valence-electron chi connectivity index (χ2n) is 6.10. The number of anilines is 1. The van der Waals surface area contributed by atoms with Gasteiger partial charge in [-0.15, -0.1) is 0 Å². The van der Waals surface area contributed by atoms with Crippen molar-refractivity contribution < 1.29 is 18.8 Å². The number of carbonyl (C=O) groups is 1. The second-order valence-corrected chi connectivity index (χ2v) is 6.10. The molecular formula is C19H20N2O5. The van der Waals surface area contributed by atoms with Gasteiger partial charge >= 0.3 is 5.97 Å². The van der Waals surface area contributed by atoms with Crippen LogP contribution in [-0.2, 0) is 9.57 Å². The molecule has 0 atom stereocenters. The van der Waals surface area contributed by atoms with Gasteiger partial charge in [0.15, 0.2) is 16.9 Å². The third-order valence-electron chi connectivity index (χ3n) is 4.03. The first-order valence-electron chi connectivity index (χ1n) is 8.33. The molecule has 1 aromatic carbocycles. The number of nitrogens with zero attached hydrogens (tertiary/aromatic N) is 1. The van der Waals surface area contributed by atoms with Crippen LogP contribution in [0.2, 0.25) is 0 Å². The molecule has 3 aromatic rings. The highest BCUT2D eigenvalue weighted by molar-refractivity contribution is 5.99. The third kappa shape index (κ3) is 3.13. The van der Waals surface area contributed by atoms with Crippen molar-refractivity contribution in [2.45, 2.75) is 26.7 Å². The van der Waals surface area contributed by atoms with Crippen LogP contribution in [-0.4, -0.2) is 24.7 Å². The number of fused-ring (bicyclic) bond motifs is 2. The number of carbonyl (C=O) groups excluding carboxylic acids is 1. The van der Waals surface area contributed by atoms with Gasteiger partial charge in [0.1, 0.15) is 11.1 Å². The van der Waals surface area contributed by atoms with Crippen LogP contribution in [0.3, 0.4) is 0 Å². The van der Waals surface area contributed by atoms with E-state index in [1.165, 1.54) is 13.2 Å². The Balaban J connectivity index is 2.30. The van der Waals surface area contributed by atoms with Crippen LogP contribution < -0.4 is 10.9 Å². The average molecular weight is 356 g/mol. The fraction of sp³-hybridized carbons (Fsp3) is 0.316. The summed E-state index contributed by atoms with van der Waals surface area (Å²) in [5, 5.41) is 0.448. The van der Waals surface area contributed by atoms with Crippen LogP contribution in [0.4, 0.5) is 5.82 Å². The van der Waals surface area contributed by atoms with E-state index in [0.29, 0.717) is 11.0 Å². The summed E-state index contributed by atoms with van der Waals surface area (Å²) >= 11 is 0. The lowest BCUT2D eigenvalue weighted by molar-refractivity contribution is 0.0526. The molecule has 0 unspecified atom stereocenters. The highest BCUT2D eigenvalue weighted by Crippen LogP contribution is 2.25. The van der Waals surface area contributed by atoms with Gasteiger partial charge in [-0.05, 0) is 30.5 Å². The molecule has 7 nitrogen and oxygen atoms in total. The molecule has 0 aliphatic rings. The van der Waals surface area contributed by atoms with Crippen LogP contribution in [0, 0.1) is 0 Å². The fourth-order valence-corrected chi connectivity index (χ4v) is 2.69. The van der Waals surface area contributed by atoms with E-state index in [9.17, 15) is 9.59 Å². The third-order valence-corrected chi connectivity index (χ3v) is 4.03. The van der Waals surface area contributed by atoms with Gasteiger partial charge in [0.05, 0.1) is 19.1 Å². The van der Waals surface area contributed by atoms with Crippen molar-refractivity contribution in [3.05, 3.63) is 45.6 Å². The Morgan fingerprint density at radius 1 is 1.27 bits per heavy atom. The predicted octanol–water partition coefficient (Wildman–Crippen LogP) is 3.61. The lowest BCUT2D eigenvalue weighted by Gasteiger charge is -2.11. The van der Waals surface area contributed by atoms with Crippen molar-refractivity contribution in [3.63, 3.8) is 0 Å². The Morgan fingerprint density at radius 2 is 2.04 bits per heavy atom. The number of rotatable bonds is 5. The predicted molar refractivity (Wildman–Crippen MR) is 98.5 cm³/mol. The molecule has 0 aliphatic carbocycles.